The van der Waals surface area contributed by atoms with E-state index in [0.717, 1.165) is 23.4 Å². The number of hydrogen-bond acceptors (Lipinski definition) is 3. The topological polar surface area (TPSA) is 83.8 Å². The first-order valence-electron chi connectivity index (χ1n) is 6.90. The molecule has 6 heteroatoms. The summed E-state index contributed by atoms with van der Waals surface area (Å²) in [5.41, 5.74) is 9.09. The molecule has 1 heterocycles. The van der Waals surface area contributed by atoms with Gasteiger partial charge in [-0.2, -0.15) is 5.10 Å². The van der Waals surface area contributed by atoms with Gasteiger partial charge in [0.05, 0.1) is 0 Å². The highest BCUT2D eigenvalue weighted by Gasteiger charge is 2.26. The lowest BCUT2D eigenvalue weighted by molar-refractivity contribution is 0.0949. The van der Waals surface area contributed by atoms with E-state index in [1.54, 1.807) is 0 Å². The van der Waals surface area contributed by atoms with Crippen LogP contribution in [0.25, 0.3) is 0 Å². The number of halogens is 1. The molecule has 112 valence electrons. The molecule has 1 aliphatic rings. The number of aromatic amines is 1. The molecule has 0 spiro atoms. The van der Waals surface area contributed by atoms with Gasteiger partial charge in [0, 0.05) is 23.8 Å². The molecule has 0 bridgehead atoms. The molecule has 0 unspecified atom stereocenters. The first-order valence-corrected chi connectivity index (χ1v) is 6.90. The summed E-state index contributed by atoms with van der Waals surface area (Å²) >= 11 is 0. The van der Waals surface area contributed by atoms with Crippen LogP contribution in [0, 0.1) is 0 Å². The first kappa shape index (κ1) is 15.4. The van der Waals surface area contributed by atoms with E-state index in [0.29, 0.717) is 18.2 Å². The molecule has 1 aromatic carbocycles. The van der Waals surface area contributed by atoms with E-state index in [9.17, 15) is 4.79 Å². The monoisotopic (exact) mass is 306 g/mol. The average molecular weight is 307 g/mol. The summed E-state index contributed by atoms with van der Waals surface area (Å²) < 4.78 is 0. The number of anilines is 1. The number of nitrogens with two attached hydrogens (primary N) is 1. The second-order valence-electron chi connectivity index (χ2n) is 5.23. The van der Waals surface area contributed by atoms with Gasteiger partial charge in [-0.1, -0.05) is 12.1 Å². The zero-order valence-corrected chi connectivity index (χ0v) is 12.5. The second kappa shape index (κ2) is 6.63. The molecule has 1 fully saturated rings. The summed E-state index contributed by atoms with van der Waals surface area (Å²) in [6.07, 6.45) is 3.17. The van der Waals surface area contributed by atoms with E-state index < -0.39 is 0 Å². The third-order valence-electron chi connectivity index (χ3n) is 3.53. The molecule has 2 aromatic rings. The molecule has 5 nitrogen and oxygen atoms in total. The van der Waals surface area contributed by atoms with E-state index in [4.69, 9.17) is 5.73 Å². The standard InChI is InChI=1S/C15H18N4O.ClH/c16-12-5-1-10(2-6-12)7-8-17-15(20)14-9-13(18-19-14)11-3-4-11;/h1-2,5-6,9,11H,3-4,7-8,16H2,(H,17,20)(H,18,19);1H. The van der Waals surface area contributed by atoms with Gasteiger partial charge < -0.3 is 11.1 Å². The van der Waals surface area contributed by atoms with Gasteiger partial charge in [-0.15, -0.1) is 12.4 Å². The van der Waals surface area contributed by atoms with Gasteiger partial charge in [-0.05, 0) is 43.0 Å². The highest BCUT2D eigenvalue weighted by atomic mass is 35.5. The molecule has 1 amide bonds. The first-order chi connectivity index (χ1) is 9.72. The smallest absolute Gasteiger partial charge is 0.271 e. The lowest BCUT2D eigenvalue weighted by atomic mass is 10.1. The lowest BCUT2D eigenvalue weighted by Gasteiger charge is -2.03. The Morgan fingerprint density at radius 2 is 2.05 bits per heavy atom. The highest BCUT2D eigenvalue weighted by molar-refractivity contribution is 5.92. The number of H-pyrrole nitrogens is 1. The van der Waals surface area contributed by atoms with Crippen molar-refractivity contribution in [1.29, 1.82) is 0 Å². The fourth-order valence-corrected chi connectivity index (χ4v) is 2.15. The predicted octanol–water partition coefficient (Wildman–Crippen LogP) is 2.26. The number of nitrogens with zero attached hydrogens (tertiary/aromatic N) is 1. The second-order valence-corrected chi connectivity index (χ2v) is 5.23. The number of rotatable bonds is 5. The number of aromatic nitrogens is 2. The highest BCUT2D eigenvalue weighted by Crippen LogP contribution is 2.38. The number of benzene rings is 1. The third-order valence-corrected chi connectivity index (χ3v) is 3.53. The molecule has 0 aliphatic heterocycles. The van der Waals surface area contributed by atoms with Crippen LogP contribution in [0.3, 0.4) is 0 Å². The van der Waals surface area contributed by atoms with Crippen LogP contribution in [0.1, 0.15) is 40.5 Å². The van der Waals surface area contributed by atoms with E-state index >= 15 is 0 Å². The van der Waals surface area contributed by atoms with Crippen molar-refractivity contribution < 1.29 is 4.79 Å². The van der Waals surface area contributed by atoms with Crippen molar-refractivity contribution >= 4 is 24.0 Å². The maximum absolute atomic E-state index is 11.9. The van der Waals surface area contributed by atoms with Gasteiger partial charge in [0.1, 0.15) is 5.69 Å². The molecule has 0 radical (unpaired) electrons. The SMILES string of the molecule is Cl.Nc1ccc(CCNC(=O)c2cc(C3CC3)[nH]n2)cc1. The van der Waals surface area contributed by atoms with Crippen LogP contribution in [0.4, 0.5) is 5.69 Å². The van der Waals surface area contributed by atoms with Gasteiger partial charge in [-0.25, -0.2) is 0 Å². The van der Waals surface area contributed by atoms with Crippen LogP contribution in [-0.4, -0.2) is 22.6 Å². The Kier molecular flexibility index (Phi) is 4.85. The van der Waals surface area contributed by atoms with E-state index in [1.807, 2.05) is 30.3 Å². The van der Waals surface area contributed by atoms with Crippen molar-refractivity contribution in [2.75, 3.05) is 12.3 Å². The van der Waals surface area contributed by atoms with Crippen molar-refractivity contribution in [3.63, 3.8) is 0 Å². The zero-order valence-electron chi connectivity index (χ0n) is 11.6. The summed E-state index contributed by atoms with van der Waals surface area (Å²) in [6, 6.07) is 9.54. The predicted molar refractivity (Wildman–Crippen MR) is 84.7 cm³/mol. The van der Waals surface area contributed by atoms with E-state index in [2.05, 4.69) is 15.5 Å². The summed E-state index contributed by atoms with van der Waals surface area (Å²) in [5.74, 6) is 0.461. The molecule has 4 N–H and O–H groups in total. The molecular weight excluding hydrogens is 288 g/mol. The Labute approximate surface area is 129 Å². The van der Waals surface area contributed by atoms with Crippen LogP contribution >= 0.6 is 12.4 Å². The Balaban J connectivity index is 0.00000161. The Morgan fingerprint density at radius 1 is 1.33 bits per heavy atom. The van der Waals surface area contributed by atoms with Crippen LogP contribution < -0.4 is 11.1 Å². The summed E-state index contributed by atoms with van der Waals surface area (Å²) in [7, 11) is 0. The van der Waals surface area contributed by atoms with E-state index in [-0.39, 0.29) is 18.3 Å². The number of carbonyl (C=O) groups is 1. The number of carbonyl (C=O) groups excluding carboxylic acids is 1. The Bertz CT molecular complexity index is 604. The largest absolute Gasteiger partial charge is 0.399 e. The molecule has 0 saturated heterocycles. The Morgan fingerprint density at radius 3 is 2.71 bits per heavy atom. The van der Waals surface area contributed by atoms with Crippen molar-refractivity contribution in [3.8, 4) is 0 Å². The van der Waals surface area contributed by atoms with Crippen molar-refractivity contribution in [3.05, 3.63) is 47.3 Å². The minimum absolute atomic E-state index is 0. The fraction of sp³-hybridized carbons (Fsp3) is 0.333. The van der Waals surface area contributed by atoms with Crippen molar-refractivity contribution in [2.24, 2.45) is 0 Å². The van der Waals surface area contributed by atoms with Gasteiger partial charge >= 0.3 is 0 Å². The fourth-order valence-electron chi connectivity index (χ4n) is 2.15. The molecular formula is C15H19ClN4O. The van der Waals surface area contributed by atoms with Gasteiger partial charge in [0.25, 0.3) is 5.91 Å². The number of nitrogens with one attached hydrogen (secondary N) is 2. The normalized spacial score (nSPS) is 13.5. The van der Waals surface area contributed by atoms with Gasteiger partial charge in [0.2, 0.25) is 0 Å². The summed E-state index contributed by atoms with van der Waals surface area (Å²) in [5, 5.41) is 9.88. The number of hydrogen-bond donors (Lipinski definition) is 3. The van der Waals surface area contributed by atoms with E-state index in [1.165, 1.54) is 12.8 Å². The minimum atomic E-state index is -0.122. The van der Waals surface area contributed by atoms with Crippen molar-refractivity contribution in [1.82, 2.24) is 15.5 Å². The molecule has 21 heavy (non-hydrogen) atoms. The lowest BCUT2D eigenvalue weighted by Crippen LogP contribution is -2.26. The summed E-state index contributed by atoms with van der Waals surface area (Å²) in [6.45, 7) is 0.592. The number of amides is 1. The van der Waals surface area contributed by atoms with Crippen LogP contribution in [0.15, 0.2) is 30.3 Å². The van der Waals surface area contributed by atoms with Crippen LogP contribution in [0.2, 0.25) is 0 Å². The van der Waals surface area contributed by atoms with Gasteiger partial charge in [0.15, 0.2) is 0 Å². The minimum Gasteiger partial charge on any atom is -0.399 e. The van der Waals surface area contributed by atoms with Crippen LogP contribution in [0.5, 0.6) is 0 Å². The van der Waals surface area contributed by atoms with Crippen molar-refractivity contribution in [2.45, 2.75) is 25.2 Å². The molecule has 1 saturated carbocycles. The Hall–Kier alpha value is -2.01. The molecule has 1 aliphatic carbocycles. The summed E-state index contributed by atoms with van der Waals surface area (Å²) in [4.78, 5) is 11.9. The third kappa shape index (κ3) is 3.98. The quantitative estimate of drug-likeness (QED) is 0.741. The maximum Gasteiger partial charge on any atom is 0.271 e. The van der Waals surface area contributed by atoms with Gasteiger partial charge in [-0.3, -0.25) is 9.89 Å². The number of nitrogen functional groups attached to an aromatic ring is 1. The zero-order chi connectivity index (χ0) is 13.9. The average Bonchev–Trinajstić information content (AvgIpc) is 3.18. The van der Waals surface area contributed by atoms with Crippen LogP contribution in [-0.2, 0) is 6.42 Å². The maximum atomic E-state index is 11.9. The molecule has 3 rings (SSSR count). The molecule has 1 aromatic heterocycles. The molecule has 0 atom stereocenters.